The first-order chi connectivity index (χ1) is 14.7. The summed E-state index contributed by atoms with van der Waals surface area (Å²) in [5, 5.41) is 5.33. The van der Waals surface area contributed by atoms with Crippen molar-refractivity contribution in [2.75, 3.05) is 23.9 Å². The van der Waals surface area contributed by atoms with E-state index in [1.807, 2.05) is 4.72 Å². The van der Waals surface area contributed by atoms with Gasteiger partial charge >= 0.3 is 6.03 Å². The number of hydrogen-bond donors (Lipinski definition) is 3. The average Bonchev–Trinajstić information content (AvgIpc) is 3.07. The van der Waals surface area contributed by atoms with Crippen molar-refractivity contribution in [1.29, 1.82) is 0 Å². The zero-order chi connectivity index (χ0) is 22.6. The van der Waals surface area contributed by atoms with E-state index in [1.165, 1.54) is 24.3 Å². The monoisotopic (exact) mass is 446 g/mol. The van der Waals surface area contributed by atoms with Gasteiger partial charge in [-0.3, -0.25) is 9.59 Å². The zero-order valence-corrected chi connectivity index (χ0v) is 17.7. The fraction of sp³-hybridized carbons (Fsp3) is 0.250. The zero-order valence-electron chi connectivity index (χ0n) is 16.9. The number of hydrogen-bond acceptors (Lipinski definition) is 6. The number of ether oxygens (including phenoxy) is 1. The molecule has 0 bridgehead atoms. The van der Waals surface area contributed by atoms with Gasteiger partial charge in [-0.25, -0.2) is 17.9 Å². The van der Waals surface area contributed by atoms with Gasteiger partial charge in [0.15, 0.2) is 0 Å². The van der Waals surface area contributed by atoms with Crippen LogP contribution in [0.25, 0.3) is 0 Å². The minimum Gasteiger partial charge on any atom is -0.497 e. The van der Waals surface area contributed by atoms with E-state index in [0.717, 1.165) is 6.92 Å². The molecule has 3 rings (SSSR count). The van der Waals surface area contributed by atoms with Gasteiger partial charge in [-0.2, -0.15) is 0 Å². The number of carbonyl (C=O) groups excluding carboxylic acids is 3. The van der Waals surface area contributed by atoms with Crippen LogP contribution in [0.1, 0.15) is 13.3 Å². The second-order valence-corrected chi connectivity index (χ2v) is 8.57. The maximum absolute atomic E-state index is 12.3. The van der Waals surface area contributed by atoms with Crippen LogP contribution in [0.5, 0.6) is 5.75 Å². The van der Waals surface area contributed by atoms with Crippen molar-refractivity contribution in [3.63, 3.8) is 0 Å². The summed E-state index contributed by atoms with van der Waals surface area (Å²) in [6.45, 7) is 1.42. The number of anilines is 2. The minimum atomic E-state index is -3.95. The number of methoxy groups -OCH3 is 1. The van der Waals surface area contributed by atoms with Crippen LogP contribution in [-0.4, -0.2) is 46.0 Å². The van der Waals surface area contributed by atoms with Crippen LogP contribution in [0.2, 0.25) is 0 Å². The van der Waals surface area contributed by atoms with E-state index in [9.17, 15) is 22.8 Å². The van der Waals surface area contributed by atoms with Crippen molar-refractivity contribution >= 4 is 39.2 Å². The number of benzene rings is 2. The Morgan fingerprint density at radius 3 is 2.29 bits per heavy atom. The first-order valence-electron chi connectivity index (χ1n) is 9.33. The Bertz CT molecular complexity index is 1080. The molecule has 1 aliphatic heterocycles. The summed E-state index contributed by atoms with van der Waals surface area (Å²) in [6.07, 6.45) is 0.160. The number of nitrogens with zero attached hydrogens (tertiary/aromatic N) is 1. The van der Waals surface area contributed by atoms with Crippen LogP contribution in [0.3, 0.4) is 0 Å². The van der Waals surface area contributed by atoms with Crippen molar-refractivity contribution in [3.8, 4) is 5.75 Å². The molecule has 1 aliphatic rings. The molecule has 0 radical (unpaired) electrons. The number of rotatable bonds is 6. The maximum atomic E-state index is 12.3. The normalized spacial score (nSPS) is 16.0. The molecule has 1 heterocycles. The van der Waals surface area contributed by atoms with E-state index in [-0.39, 0.29) is 23.3 Å². The molecule has 1 saturated heterocycles. The maximum Gasteiger partial charge on any atom is 0.319 e. The molecule has 0 saturated carbocycles. The minimum absolute atomic E-state index is 0.106. The van der Waals surface area contributed by atoms with Gasteiger partial charge in [-0.05, 0) is 48.5 Å². The van der Waals surface area contributed by atoms with E-state index in [0.29, 0.717) is 23.7 Å². The molecule has 0 spiro atoms. The second-order valence-electron chi connectivity index (χ2n) is 6.89. The van der Waals surface area contributed by atoms with Crippen molar-refractivity contribution in [3.05, 3.63) is 48.5 Å². The highest BCUT2D eigenvalue weighted by Gasteiger charge is 2.31. The van der Waals surface area contributed by atoms with Crippen LogP contribution in [0, 0.1) is 0 Å². The topological polar surface area (TPSA) is 134 Å². The molecule has 11 heteroatoms. The van der Waals surface area contributed by atoms with Crippen LogP contribution >= 0.6 is 0 Å². The van der Waals surface area contributed by atoms with Crippen LogP contribution < -0.4 is 25.0 Å². The number of amides is 4. The number of nitrogens with one attached hydrogen (secondary N) is 3. The van der Waals surface area contributed by atoms with Crippen molar-refractivity contribution < 1.29 is 27.5 Å². The molecule has 10 nitrogen and oxygen atoms in total. The van der Waals surface area contributed by atoms with E-state index in [1.54, 1.807) is 36.3 Å². The molecule has 4 amide bonds. The Kier molecular flexibility index (Phi) is 6.44. The van der Waals surface area contributed by atoms with Gasteiger partial charge in [0.25, 0.3) is 10.0 Å². The molecule has 0 aromatic heterocycles. The second kappa shape index (κ2) is 9.04. The standard InChI is InChI=1S/C20H22N4O6S/c1-13(25)23-31(28,29)18-9-3-14(4-10-18)21-20(27)22-15-11-19(26)24(12-15)16-5-7-17(30-2)8-6-16/h3-10,15H,11-12H2,1-2H3,(H,23,25)(H2,21,22,27)/t15-/m1/s1. The van der Waals surface area contributed by atoms with Gasteiger partial charge in [-0.15, -0.1) is 0 Å². The first-order valence-corrected chi connectivity index (χ1v) is 10.8. The molecule has 0 aliphatic carbocycles. The van der Waals surface area contributed by atoms with E-state index >= 15 is 0 Å². The fourth-order valence-electron chi connectivity index (χ4n) is 3.13. The lowest BCUT2D eigenvalue weighted by Gasteiger charge is -2.18. The van der Waals surface area contributed by atoms with E-state index in [2.05, 4.69) is 10.6 Å². The third-order valence-electron chi connectivity index (χ3n) is 4.54. The molecular formula is C20H22N4O6S. The van der Waals surface area contributed by atoms with Crippen LogP contribution in [-0.2, 0) is 19.6 Å². The summed E-state index contributed by atoms with van der Waals surface area (Å²) in [4.78, 5) is 37.1. The molecule has 31 heavy (non-hydrogen) atoms. The quantitative estimate of drug-likeness (QED) is 0.615. The Balaban J connectivity index is 1.57. The lowest BCUT2D eigenvalue weighted by molar-refractivity contribution is -0.118. The van der Waals surface area contributed by atoms with Gasteiger partial charge in [0.05, 0.1) is 18.0 Å². The Hall–Kier alpha value is -3.60. The molecule has 3 N–H and O–H groups in total. The van der Waals surface area contributed by atoms with Gasteiger partial charge in [0.2, 0.25) is 11.8 Å². The first kappa shape index (κ1) is 22.1. The Morgan fingerprint density at radius 2 is 1.71 bits per heavy atom. The van der Waals surface area contributed by atoms with Gasteiger partial charge in [0.1, 0.15) is 5.75 Å². The van der Waals surface area contributed by atoms with Gasteiger partial charge in [-0.1, -0.05) is 0 Å². The lowest BCUT2D eigenvalue weighted by Crippen LogP contribution is -2.39. The molecule has 1 fully saturated rings. The molecule has 2 aromatic carbocycles. The molecule has 164 valence electrons. The van der Waals surface area contributed by atoms with Crippen molar-refractivity contribution in [2.24, 2.45) is 0 Å². The fourth-order valence-corrected chi connectivity index (χ4v) is 4.12. The highest BCUT2D eigenvalue weighted by Crippen LogP contribution is 2.24. The number of carbonyl (C=O) groups is 3. The summed E-state index contributed by atoms with van der Waals surface area (Å²) in [7, 11) is -2.39. The molecule has 2 aromatic rings. The summed E-state index contributed by atoms with van der Waals surface area (Å²) in [6, 6.07) is 11.5. The summed E-state index contributed by atoms with van der Waals surface area (Å²) < 4.78 is 30.9. The molecule has 1 atom stereocenters. The predicted molar refractivity (Wildman–Crippen MR) is 113 cm³/mol. The summed E-state index contributed by atoms with van der Waals surface area (Å²) in [5.74, 6) is -0.125. The van der Waals surface area contributed by atoms with Crippen LogP contribution in [0.15, 0.2) is 53.4 Å². The summed E-state index contributed by atoms with van der Waals surface area (Å²) in [5.41, 5.74) is 1.07. The van der Waals surface area contributed by atoms with Gasteiger partial charge < -0.3 is 20.3 Å². The van der Waals surface area contributed by atoms with E-state index in [4.69, 9.17) is 4.74 Å². The molecular weight excluding hydrogens is 424 g/mol. The Morgan fingerprint density at radius 1 is 1.06 bits per heavy atom. The third kappa shape index (κ3) is 5.51. The summed E-state index contributed by atoms with van der Waals surface area (Å²) >= 11 is 0. The van der Waals surface area contributed by atoms with Gasteiger partial charge in [0, 0.05) is 31.3 Å². The number of sulfonamides is 1. The third-order valence-corrected chi connectivity index (χ3v) is 5.99. The van der Waals surface area contributed by atoms with Crippen LogP contribution in [0.4, 0.5) is 16.2 Å². The lowest BCUT2D eigenvalue weighted by atomic mass is 10.2. The van der Waals surface area contributed by atoms with Crippen molar-refractivity contribution in [1.82, 2.24) is 10.0 Å². The Labute approximate surface area is 179 Å². The highest BCUT2D eigenvalue weighted by molar-refractivity contribution is 7.90. The highest BCUT2D eigenvalue weighted by atomic mass is 32.2. The van der Waals surface area contributed by atoms with Crippen molar-refractivity contribution in [2.45, 2.75) is 24.3 Å². The average molecular weight is 446 g/mol. The van der Waals surface area contributed by atoms with E-state index < -0.39 is 22.0 Å². The molecule has 0 unspecified atom stereocenters. The smallest absolute Gasteiger partial charge is 0.319 e. The predicted octanol–water partition coefficient (Wildman–Crippen LogP) is 1.45. The largest absolute Gasteiger partial charge is 0.497 e. The SMILES string of the molecule is COc1ccc(N2C[C@H](NC(=O)Nc3ccc(S(=O)(=O)NC(C)=O)cc3)CC2=O)cc1. The number of urea groups is 1.